The van der Waals surface area contributed by atoms with E-state index < -0.39 is 0 Å². The van der Waals surface area contributed by atoms with Crippen molar-refractivity contribution in [1.82, 2.24) is 35.6 Å². The number of nitrogens with zero attached hydrogens (tertiary/aromatic N) is 4. The van der Waals surface area contributed by atoms with E-state index in [9.17, 15) is 9.59 Å². The predicted octanol–water partition coefficient (Wildman–Crippen LogP) is 1.75. The molecule has 9 heteroatoms. The molecule has 9 nitrogen and oxygen atoms in total. The number of hydrogen-bond acceptors (Lipinski definition) is 5. The van der Waals surface area contributed by atoms with E-state index in [0.29, 0.717) is 41.9 Å². The van der Waals surface area contributed by atoms with E-state index in [1.807, 2.05) is 31.2 Å². The van der Waals surface area contributed by atoms with Crippen molar-refractivity contribution in [3.8, 4) is 0 Å². The second-order valence-electron chi connectivity index (χ2n) is 8.02. The van der Waals surface area contributed by atoms with Crippen molar-refractivity contribution < 1.29 is 9.59 Å². The van der Waals surface area contributed by atoms with E-state index in [-0.39, 0.29) is 23.8 Å². The molecule has 1 aromatic carbocycles. The molecule has 0 radical (unpaired) electrons. The van der Waals surface area contributed by atoms with Crippen molar-refractivity contribution in [2.45, 2.75) is 37.6 Å². The molecule has 30 heavy (non-hydrogen) atoms. The summed E-state index contributed by atoms with van der Waals surface area (Å²) in [6, 6.07) is 10.6. The predicted molar refractivity (Wildman–Crippen MR) is 108 cm³/mol. The van der Waals surface area contributed by atoms with Crippen LogP contribution >= 0.6 is 0 Å². The highest BCUT2D eigenvalue weighted by atomic mass is 16.2. The fraction of sp³-hybridized carbons (Fsp3) is 0.381. The molecule has 0 spiro atoms. The number of aryl methyl sites for hydroxylation is 1. The number of aromatic amines is 2. The van der Waals surface area contributed by atoms with Crippen LogP contribution in [-0.2, 0) is 0 Å². The van der Waals surface area contributed by atoms with Gasteiger partial charge in [0.1, 0.15) is 11.5 Å². The third kappa shape index (κ3) is 3.58. The van der Waals surface area contributed by atoms with Gasteiger partial charge in [-0.2, -0.15) is 10.2 Å². The average Bonchev–Trinajstić information content (AvgIpc) is 3.15. The van der Waals surface area contributed by atoms with Gasteiger partial charge in [-0.3, -0.25) is 19.8 Å². The molecule has 5 rings (SSSR count). The summed E-state index contributed by atoms with van der Waals surface area (Å²) in [6.07, 6.45) is 2.28. The highest BCUT2D eigenvalue weighted by Gasteiger charge is 2.40. The summed E-state index contributed by atoms with van der Waals surface area (Å²) in [5.41, 5.74) is 2.01. The Morgan fingerprint density at radius 2 is 1.90 bits per heavy atom. The van der Waals surface area contributed by atoms with Gasteiger partial charge in [-0.15, -0.1) is 0 Å². The minimum absolute atomic E-state index is 0.146. The Morgan fingerprint density at radius 3 is 2.60 bits per heavy atom. The van der Waals surface area contributed by atoms with Crippen LogP contribution in [0.1, 0.15) is 62.9 Å². The number of amides is 2. The topological polar surface area (TPSA) is 120 Å². The second-order valence-corrected chi connectivity index (χ2v) is 8.02. The Kier molecular flexibility index (Phi) is 4.57. The summed E-state index contributed by atoms with van der Waals surface area (Å²) in [6.45, 7) is 2.62. The molecule has 3 aromatic rings. The van der Waals surface area contributed by atoms with Crippen molar-refractivity contribution in [1.29, 1.82) is 0 Å². The highest BCUT2D eigenvalue weighted by Crippen LogP contribution is 2.39. The molecular weight excluding hydrogens is 382 g/mol. The van der Waals surface area contributed by atoms with Crippen LogP contribution in [0.3, 0.4) is 0 Å². The number of aromatic nitrogens is 5. The van der Waals surface area contributed by atoms with E-state index >= 15 is 0 Å². The summed E-state index contributed by atoms with van der Waals surface area (Å²) < 4.78 is 0. The molecule has 1 aliphatic heterocycles. The summed E-state index contributed by atoms with van der Waals surface area (Å²) >= 11 is 0. The molecule has 2 aromatic heterocycles. The first kappa shape index (κ1) is 18.5. The maximum atomic E-state index is 13.1. The standard InChI is InChI=1S/C21H23N7O2/c1-12-22-19(27-24-12)15-10-28(21(30)17-9-16(25-26-17)13-7-8-13)11-18(15)23-20(29)14-5-3-2-4-6-14/h2-6,9,13,15,18H,7-8,10-11H2,1H3,(H,23,29)(H,25,26)(H,22,24,27)/t15-,18-/m1/s1. The molecule has 3 N–H and O–H groups in total. The minimum Gasteiger partial charge on any atom is -0.347 e. The second kappa shape index (κ2) is 7.40. The Bertz CT molecular complexity index is 1070. The molecule has 2 atom stereocenters. The van der Waals surface area contributed by atoms with Crippen LogP contribution in [0.15, 0.2) is 36.4 Å². The molecule has 1 saturated carbocycles. The van der Waals surface area contributed by atoms with E-state index in [1.54, 1.807) is 17.0 Å². The van der Waals surface area contributed by atoms with E-state index in [2.05, 4.69) is 30.7 Å². The van der Waals surface area contributed by atoms with Gasteiger partial charge in [0.25, 0.3) is 11.8 Å². The molecule has 154 valence electrons. The van der Waals surface area contributed by atoms with E-state index in [1.165, 1.54) is 0 Å². The van der Waals surface area contributed by atoms with Gasteiger partial charge in [0.2, 0.25) is 0 Å². The van der Waals surface area contributed by atoms with Crippen molar-refractivity contribution in [3.63, 3.8) is 0 Å². The normalized spacial score (nSPS) is 21.0. The van der Waals surface area contributed by atoms with Gasteiger partial charge in [0.15, 0.2) is 5.82 Å². The zero-order valence-corrected chi connectivity index (χ0v) is 16.6. The van der Waals surface area contributed by atoms with Crippen LogP contribution < -0.4 is 5.32 Å². The highest BCUT2D eigenvalue weighted by molar-refractivity contribution is 5.95. The summed E-state index contributed by atoms with van der Waals surface area (Å²) in [5.74, 6) is 1.27. The third-order valence-electron chi connectivity index (χ3n) is 5.74. The lowest BCUT2D eigenvalue weighted by atomic mass is 10.0. The molecular formula is C21H23N7O2. The van der Waals surface area contributed by atoms with Gasteiger partial charge in [-0.1, -0.05) is 18.2 Å². The fourth-order valence-electron chi connectivity index (χ4n) is 3.96. The lowest BCUT2D eigenvalue weighted by Crippen LogP contribution is -2.40. The van der Waals surface area contributed by atoms with Gasteiger partial charge in [-0.25, -0.2) is 4.98 Å². The fourth-order valence-corrected chi connectivity index (χ4v) is 3.96. The maximum absolute atomic E-state index is 13.1. The number of carbonyl (C=O) groups excluding carboxylic acids is 2. The Labute approximate surface area is 173 Å². The molecule has 1 saturated heterocycles. The van der Waals surface area contributed by atoms with Crippen LogP contribution in [0, 0.1) is 6.92 Å². The molecule has 2 aliphatic rings. The summed E-state index contributed by atoms with van der Waals surface area (Å²) in [7, 11) is 0. The monoisotopic (exact) mass is 405 g/mol. The molecule has 0 unspecified atom stereocenters. The number of nitrogens with one attached hydrogen (secondary N) is 3. The zero-order chi connectivity index (χ0) is 20.7. The third-order valence-corrected chi connectivity index (χ3v) is 5.74. The first-order valence-electron chi connectivity index (χ1n) is 10.2. The summed E-state index contributed by atoms with van der Waals surface area (Å²) in [5, 5.41) is 17.4. The Balaban J connectivity index is 1.36. The first-order valence-corrected chi connectivity index (χ1v) is 10.2. The number of rotatable bonds is 5. The number of hydrogen-bond donors (Lipinski definition) is 3. The van der Waals surface area contributed by atoms with Crippen LogP contribution in [0.2, 0.25) is 0 Å². The smallest absolute Gasteiger partial charge is 0.274 e. The van der Waals surface area contributed by atoms with Crippen LogP contribution in [0.25, 0.3) is 0 Å². The van der Waals surface area contributed by atoms with Gasteiger partial charge in [-0.05, 0) is 38.0 Å². The van der Waals surface area contributed by atoms with Crippen molar-refractivity contribution in [2.75, 3.05) is 13.1 Å². The van der Waals surface area contributed by atoms with Gasteiger partial charge >= 0.3 is 0 Å². The maximum Gasteiger partial charge on any atom is 0.274 e. The van der Waals surface area contributed by atoms with Crippen LogP contribution in [0.4, 0.5) is 0 Å². The summed E-state index contributed by atoms with van der Waals surface area (Å²) in [4.78, 5) is 32.0. The SMILES string of the molecule is Cc1nc([C@@H]2CN(C(=O)c3cc(C4CC4)[nH]n3)C[C@H]2NC(=O)c2ccccc2)n[nH]1. The van der Waals surface area contributed by atoms with Crippen LogP contribution in [-0.4, -0.2) is 61.2 Å². The van der Waals surface area contributed by atoms with Crippen molar-refractivity contribution >= 4 is 11.8 Å². The van der Waals surface area contributed by atoms with Crippen LogP contribution in [0.5, 0.6) is 0 Å². The van der Waals surface area contributed by atoms with E-state index in [4.69, 9.17) is 0 Å². The largest absolute Gasteiger partial charge is 0.347 e. The Hall–Kier alpha value is -3.49. The first-order chi connectivity index (χ1) is 14.6. The number of likely N-dealkylation sites (tertiary alicyclic amines) is 1. The number of carbonyl (C=O) groups is 2. The molecule has 2 fully saturated rings. The minimum atomic E-state index is -0.293. The molecule has 2 amide bonds. The average molecular weight is 405 g/mol. The lowest BCUT2D eigenvalue weighted by Gasteiger charge is -2.17. The lowest BCUT2D eigenvalue weighted by molar-refractivity contribution is 0.0776. The Morgan fingerprint density at radius 1 is 1.10 bits per heavy atom. The van der Waals surface area contributed by atoms with Crippen molar-refractivity contribution in [2.24, 2.45) is 0 Å². The number of benzene rings is 1. The van der Waals surface area contributed by atoms with Gasteiger partial charge in [0.05, 0.1) is 12.0 Å². The quantitative estimate of drug-likeness (QED) is 0.597. The van der Waals surface area contributed by atoms with Gasteiger partial charge < -0.3 is 10.2 Å². The molecule has 1 aliphatic carbocycles. The molecule has 0 bridgehead atoms. The van der Waals surface area contributed by atoms with Gasteiger partial charge in [0, 0.05) is 30.3 Å². The zero-order valence-electron chi connectivity index (χ0n) is 16.6. The van der Waals surface area contributed by atoms with Crippen molar-refractivity contribution in [3.05, 3.63) is 65.0 Å². The van der Waals surface area contributed by atoms with E-state index in [0.717, 1.165) is 18.5 Å². The molecule has 3 heterocycles. The number of H-pyrrole nitrogens is 2.